The molecule has 2 N–H and O–H groups in total. The van der Waals surface area contributed by atoms with Crippen molar-refractivity contribution < 1.29 is 19.0 Å². The molecular weight excluding hydrogens is 189 g/mol. The predicted molar refractivity (Wildman–Crippen MR) is 47.0 cm³/mol. The second-order valence-corrected chi connectivity index (χ2v) is 2.95. The Bertz CT molecular complexity index is 368. The van der Waals surface area contributed by atoms with Crippen molar-refractivity contribution in [3.05, 3.63) is 17.4 Å². The average Bonchev–Trinajstić information content (AvgIpc) is 2.60. The molecule has 0 spiro atoms. The van der Waals surface area contributed by atoms with E-state index in [1.54, 1.807) is 7.05 Å². The minimum Gasteiger partial charge on any atom is -0.504 e. The monoisotopic (exact) mass is 199 g/mol. The predicted octanol–water partition coefficient (Wildman–Crippen LogP) is 0.979. The summed E-state index contributed by atoms with van der Waals surface area (Å²) in [5, 5.41) is 12.3. The summed E-state index contributed by atoms with van der Waals surface area (Å²) in [5.41, 5.74) is 0.389. The fourth-order valence-corrected chi connectivity index (χ4v) is 1.41. The summed E-state index contributed by atoms with van der Waals surface area (Å²) in [6.45, 7) is 0.393. The van der Waals surface area contributed by atoms with Gasteiger partial charge in [0.25, 0.3) is 0 Å². The largest absolute Gasteiger partial charge is 0.504 e. The van der Waals surface area contributed by atoms with Crippen LogP contribution in [-0.4, -0.2) is 18.9 Å². The highest BCUT2D eigenvalue weighted by Gasteiger charge is 2.23. The maximum atomic E-state index is 13.1. The molecule has 0 atom stereocenters. The van der Waals surface area contributed by atoms with Crippen molar-refractivity contribution in [2.45, 2.75) is 6.54 Å². The molecule has 4 nitrogen and oxygen atoms in total. The van der Waals surface area contributed by atoms with Crippen molar-refractivity contribution in [1.82, 2.24) is 5.32 Å². The molecule has 14 heavy (non-hydrogen) atoms. The Hall–Kier alpha value is -1.49. The van der Waals surface area contributed by atoms with Crippen LogP contribution in [0.1, 0.15) is 5.56 Å². The van der Waals surface area contributed by atoms with Gasteiger partial charge in [-0.25, -0.2) is 4.39 Å². The first-order chi connectivity index (χ1) is 6.74. The number of benzene rings is 1. The van der Waals surface area contributed by atoms with Gasteiger partial charge < -0.3 is 19.9 Å². The summed E-state index contributed by atoms with van der Waals surface area (Å²) in [4.78, 5) is 0. The van der Waals surface area contributed by atoms with E-state index in [-0.39, 0.29) is 12.5 Å². The molecule has 0 amide bonds. The lowest BCUT2D eigenvalue weighted by Gasteiger charge is -2.08. The van der Waals surface area contributed by atoms with Gasteiger partial charge in [0.05, 0.1) is 5.56 Å². The van der Waals surface area contributed by atoms with Crippen molar-refractivity contribution in [2.75, 3.05) is 13.8 Å². The highest BCUT2D eigenvalue weighted by molar-refractivity contribution is 5.55. The topological polar surface area (TPSA) is 50.7 Å². The minimum atomic E-state index is -0.695. The molecule has 0 saturated carbocycles. The van der Waals surface area contributed by atoms with Gasteiger partial charge in [-0.15, -0.1) is 0 Å². The summed E-state index contributed by atoms with van der Waals surface area (Å²) in [6, 6.07) is 1.12. The number of aromatic hydroxyl groups is 1. The van der Waals surface area contributed by atoms with E-state index in [1.807, 2.05) is 0 Å². The molecule has 0 saturated heterocycles. The van der Waals surface area contributed by atoms with Crippen LogP contribution < -0.4 is 14.8 Å². The first kappa shape index (κ1) is 9.08. The number of hydrogen-bond donors (Lipinski definition) is 2. The van der Waals surface area contributed by atoms with Gasteiger partial charge in [-0.05, 0) is 7.05 Å². The lowest BCUT2D eigenvalue weighted by atomic mass is 10.1. The normalized spacial score (nSPS) is 13.3. The number of ether oxygens (including phenoxy) is 2. The molecule has 0 unspecified atom stereocenters. The van der Waals surface area contributed by atoms with Crippen LogP contribution in [0.2, 0.25) is 0 Å². The molecule has 5 heteroatoms. The molecule has 1 aliphatic rings. The summed E-state index contributed by atoms with van der Waals surface area (Å²) >= 11 is 0. The van der Waals surface area contributed by atoms with Gasteiger partial charge in [0.2, 0.25) is 6.79 Å². The third kappa shape index (κ3) is 1.26. The summed E-state index contributed by atoms with van der Waals surface area (Å²) < 4.78 is 23.3. The average molecular weight is 199 g/mol. The Labute approximate surface area is 80.3 Å². The quantitative estimate of drug-likeness (QED) is 0.745. The molecule has 0 aromatic heterocycles. The number of halogens is 1. The van der Waals surface area contributed by atoms with E-state index in [0.29, 0.717) is 23.6 Å². The zero-order valence-electron chi connectivity index (χ0n) is 7.63. The molecule has 2 rings (SSSR count). The van der Waals surface area contributed by atoms with E-state index in [0.717, 1.165) is 6.07 Å². The van der Waals surface area contributed by atoms with Crippen LogP contribution in [0.15, 0.2) is 6.07 Å². The number of nitrogens with one attached hydrogen (secondary N) is 1. The number of phenolic OH excluding ortho intramolecular Hbond substituents is 1. The van der Waals surface area contributed by atoms with Crippen molar-refractivity contribution in [1.29, 1.82) is 0 Å². The van der Waals surface area contributed by atoms with Gasteiger partial charge in [0.1, 0.15) is 0 Å². The van der Waals surface area contributed by atoms with Gasteiger partial charge in [0, 0.05) is 12.6 Å². The third-order valence-corrected chi connectivity index (χ3v) is 2.04. The molecule has 1 aliphatic heterocycles. The van der Waals surface area contributed by atoms with Gasteiger partial charge >= 0.3 is 0 Å². The summed E-state index contributed by atoms with van der Waals surface area (Å²) in [6.07, 6.45) is 0. The summed E-state index contributed by atoms with van der Waals surface area (Å²) in [7, 11) is 1.70. The Kier molecular flexibility index (Phi) is 2.17. The van der Waals surface area contributed by atoms with Crippen LogP contribution in [0.4, 0.5) is 4.39 Å². The number of rotatable bonds is 2. The van der Waals surface area contributed by atoms with Gasteiger partial charge in [-0.1, -0.05) is 0 Å². The van der Waals surface area contributed by atoms with E-state index in [9.17, 15) is 9.50 Å². The standard InChI is InChI=1S/C9H10FNO3/c1-11-3-5-8(12)6(10)2-7-9(5)14-4-13-7/h2,11-12H,3-4H2,1H3. The van der Waals surface area contributed by atoms with Crippen molar-refractivity contribution in [3.8, 4) is 17.2 Å². The van der Waals surface area contributed by atoms with Crippen LogP contribution in [0, 0.1) is 5.82 Å². The number of fused-ring (bicyclic) bond motifs is 1. The maximum absolute atomic E-state index is 13.1. The molecular formula is C9H10FNO3. The third-order valence-electron chi connectivity index (χ3n) is 2.04. The molecule has 76 valence electrons. The van der Waals surface area contributed by atoms with Crippen LogP contribution in [0.5, 0.6) is 17.2 Å². The van der Waals surface area contributed by atoms with Gasteiger partial charge in [-0.2, -0.15) is 0 Å². The van der Waals surface area contributed by atoms with Gasteiger partial charge in [-0.3, -0.25) is 0 Å². The van der Waals surface area contributed by atoms with Crippen LogP contribution >= 0.6 is 0 Å². The zero-order chi connectivity index (χ0) is 10.1. The lowest BCUT2D eigenvalue weighted by Crippen LogP contribution is -2.07. The molecule has 0 bridgehead atoms. The van der Waals surface area contributed by atoms with Crippen molar-refractivity contribution >= 4 is 0 Å². The second kappa shape index (κ2) is 3.34. The van der Waals surface area contributed by atoms with Crippen molar-refractivity contribution in [2.24, 2.45) is 0 Å². The van der Waals surface area contributed by atoms with Crippen LogP contribution in [-0.2, 0) is 6.54 Å². The van der Waals surface area contributed by atoms with Crippen molar-refractivity contribution in [3.63, 3.8) is 0 Å². The smallest absolute Gasteiger partial charge is 0.231 e. The Morgan fingerprint density at radius 3 is 3.07 bits per heavy atom. The minimum absolute atomic E-state index is 0.0644. The van der Waals surface area contributed by atoms with E-state index in [4.69, 9.17) is 9.47 Å². The van der Waals surface area contributed by atoms with Crippen LogP contribution in [0.25, 0.3) is 0 Å². The van der Waals surface area contributed by atoms with E-state index in [2.05, 4.69) is 5.32 Å². The zero-order valence-corrected chi connectivity index (χ0v) is 7.63. The summed E-state index contributed by atoms with van der Waals surface area (Å²) in [5.74, 6) is -0.327. The SMILES string of the molecule is CNCc1c(O)c(F)cc2c1OCO2. The first-order valence-electron chi connectivity index (χ1n) is 4.18. The Balaban J connectivity index is 2.54. The Morgan fingerprint density at radius 2 is 2.36 bits per heavy atom. The lowest BCUT2D eigenvalue weighted by molar-refractivity contribution is 0.173. The van der Waals surface area contributed by atoms with Crippen LogP contribution in [0.3, 0.4) is 0 Å². The Morgan fingerprint density at radius 1 is 1.57 bits per heavy atom. The number of phenols is 1. The van der Waals surface area contributed by atoms with E-state index in [1.165, 1.54) is 0 Å². The fraction of sp³-hybridized carbons (Fsp3) is 0.333. The highest BCUT2D eigenvalue weighted by atomic mass is 19.1. The highest BCUT2D eigenvalue weighted by Crippen LogP contribution is 2.41. The second-order valence-electron chi connectivity index (χ2n) is 2.95. The molecule has 0 fully saturated rings. The molecule has 1 heterocycles. The van der Waals surface area contributed by atoms with Gasteiger partial charge in [0.15, 0.2) is 23.1 Å². The number of hydrogen-bond acceptors (Lipinski definition) is 4. The fourth-order valence-electron chi connectivity index (χ4n) is 1.41. The molecule has 0 radical (unpaired) electrons. The van der Waals surface area contributed by atoms with E-state index < -0.39 is 5.82 Å². The molecule has 0 aliphatic carbocycles. The maximum Gasteiger partial charge on any atom is 0.231 e. The molecule has 1 aromatic rings. The first-order valence-corrected chi connectivity index (χ1v) is 4.18. The molecule has 1 aromatic carbocycles. The van der Waals surface area contributed by atoms with E-state index >= 15 is 0 Å².